The van der Waals surface area contributed by atoms with Gasteiger partial charge in [-0.3, -0.25) is 4.90 Å². The zero-order chi connectivity index (χ0) is 33.3. The molecule has 0 spiro atoms. The molecule has 4 aromatic rings. The van der Waals surface area contributed by atoms with Gasteiger partial charge in [-0.2, -0.15) is 23.1 Å². The van der Waals surface area contributed by atoms with Crippen LogP contribution < -0.4 is 25.8 Å². The summed E-state index contributed by atoms with van der Waals surface area (Å²) in [6, 6.07) is 5.91. The van der Waals surface area contributed by atoms with Crippen LogP contribution in [0.2, 0.25) is 5.02 Å². The third kappa shape index (κ3) is 5.58. The molecule has 7 rings (SSSR count). The fraction of sp³-hybridized carbons (Fsp3) is 0.419. The van der Waals surface area contributed by atoms with Gasteiger partial charge in [0.05, 0.1) is 45.8 Å². The lowest BCUT2D eigenvalue weighted by Crippen LogP contribution is -2.43. The van der Waals surface area contributed by atoms with E-state index in [1.54, 1.807) is 23.2 Å². The molecule has 1 atom stereocenters. The average molecular weight is 677 g/mol. The average Bonchev–Trinajstić information content (AvgIpc) is 3.40. The number of ether oxygens (including phenoxy) is 2. The predicted molar refractivity (Wildman–Crippen MR) is 166 cm³/mol. The Kier molecular flexibility index (Phi) is 7.46. The molecule has 0 aliphatic carbocycles. The Labute approximate surface area is 270 Å². The van der Waals surface area contributed by atoms with E-state index in [9.17, 15) is 22.0 Å². The fourth-order valence-electron chi connectivity index (χ4n) is 7.03. The van der Waals surface area contributed by atoms with Crippen molar-refractivity contribution in [3.63, 3.8) is 0 Å². The van der Waals surface area contributed by atoms with Crippen molar-refractivity contribution < 1.29 is 31.4 Å². The molecule has 0 bridgehead atoms. The molecule has 10 nitrogen and oxygen atoms in total. The number of halogens is 6. The largest absolute Gasteiger partial charge is 0.489 e. The van der Waals surface area contributed by atoms with E-state index >= 15 is 0 Å². The maximum atomic E-state index is 14.5. The highest BCUT2D eigenvalue weighted by Crippen LogP contribution is 2.49. The molecular weight excluding hydrogens is 647 g/mol. The first-order chi connectivity index (χ1) is 22.2. The van der Waals surface area contributed by atoms with Crippen molar-refractivity contribution in [3.8, 4) is 23.0 Å². The molecule has 0 radical (unpaired) electrons. The summed E-state index contributed by atoms with van der Waals surface area (Å²) >= 11 is 6.85. The van der Waals surface area contributed by atoms with E-state index in [0.29, 0.717) is 35.6 Å². The number of alkyl halides is 5. The Hall–Kier alpha value is -4.24. The molecule has 3 aliphatic rings. The van der Waals surface area contributed by atoms with Gasteiger partial charge in [-0.25, -0.2) is 18.7 Å². The summed E-state index contributed by atoms with van der Waals surface area (Å²) in [6.07, 6.45) is -2.30. The normalized spacial score (nSPS) is 20.7. The molecule has 4 N–H and O–H groups in total. The molecule has 248 valence electrons. The number of aromatic nitrogens is 4. The molecule has 0 amide bonds. The SMILES string of the molecule is Cc1cc(N)nc(-c2cc3nc(OC[C@@]45CCCN4CC(F)(F)C5)nc4c3c(c2Cl)OCCN4Cc2cccnc2N)c1C(F)(F)F. The fourth-order valence-corrected chi connectivity index (χ4v) is 7.32. The number of aryl methyl sites for hydroxylation is 1. The highest BCUT2D eigenvalue weighted by Gasteiger charge is 2.57. The molecule has 16 heteroatoms. The van der Waals surface area contributed by atoms with Crippen molar-refractivity contribution in [2.24, 2.45) is 0 Å². The highest BCUT2D eigenvalue weighted by molar-refractivity contribution is 6.36. The van der Waals surface area contributed by atoms with Gasteiger partial charge in [-0.15, -0.1) is 0 Å². The Bertz CT molecular complexity index is 1890. The lowest BCUT2D eigenvalue weighted by molar-refractivity contribution is -0.137. The topological polar surface area (TPSA) is 129 Å². The minimum atomic E-state index is -4.78. The number of nitrogens with two attached hydrogens (primary N) is 2. The zero-order valence-electron chi connectivity index (χ0n) is 25.2. The van der Waals surface area contributed by atoms with Crippen LogP contribution in [0.4, 0.5) is 39.4 Å². The Morgan fingerprint density at radius 2 is 1.94 bits per heavy atom. The second-order valence-electron chi connectivity index (χ2n) is 12.3. The predicted octanol–water partition coefficient (Wildman–Crippen LogP) is 5.88. The number of rotatable bonds is 6. The Morgan fingerprint density at radius 1 is 1.13 bits per heavy atom. The number of hydrogen-bond acceptors (Lipinski definition) is 10. The van der Waals surface area contributed by atoms with Gasteiger partial charge in [0.2, 0.25) is 0 Å². The molecule has 3 aromatic heterocycles. The summed E-state index contributed by atoms with van der Waals surface area (Å²) < 4.78 is 84.3. The van der Waals surface area contributed by atoms with Crippen molar-refractivity contribution in [1.29, 1.82) is 0 Å². The highest BCUT2D eigenvalue weighted by atomic mass is 35.5. The van der Waals surface area contributed by atoms with Crippen LogP contribution in [-0.2, 0) is 12.7 Å². The van der Waals surface area contributed by atoms with E-state index in [1.807, 2.05) is 4.90 Å². The van der Waals surface area contributed by atoms with Crippen molar-refractivity contribution in [1.82, 2.24) is 24.8 Å². The van der Waals surface area contributed by atoms with Crippen LogP contribution in [-0.4, -0.2) is 69.1 Å². The van der Waals surface area contributed by atoms with Crippen LogP contribution in [0.5, 0.6) is 11.8 Å². The van der Waals surface area contributed by atoms with Crippen LogP contribution in [0, 0.1) is 6.92 Å². The summed E-state index contributed by atoms with van der Waals surface area (Å²) in [5, 5.41) is 0.198. The van der Waals surface area contributed by atoms with Gasteiger partial charge in [-0.1, -0.05) is 17.7 Å². The van der Waals surface area contributed by atoms with Gasteiger partial charge >= 0.3 is 12.2 Å². The summed E-state index contributed by atoms with van der Waals surface area (Å²) in [6.45, 7) is 1.96. The summed E-state index contributed by atoms with van der Waals surface area (Å²) in [7, 11) is 0. The van der Waals surface area contributed by atoms with Gasteiger partial charge in [0.25, 0.3) is 5.92 Å². The van der Waals surface area contributed by atoms with Crippen molar-refractivity contribution >= 4 is 40.0 Å². The van der Waals surface area contributed by atoms with Gasteiger partial charge in [0, 0.05) is 30.3 Å². The molecule has 1 aromatic carbocycles. The second kappa shape index (κ2) is 11.2. The molecule has 0 unspecified atom stereocenters. The number of anilines is 3. The number of benzene rings is 1. The molecular formula is C31H30ClF5N8O2. The van der Waals surface area contributed by atoms with Gasteiger partial charge < -0.3 is 25.8 Å². The van der Waals surface area contributed by atoms with Crippen LogP contribution in [0.25, 0.3) is 22.2 Å². The lowest BCUT2D eigenvalue weighted by atomic mass is 9.94. The number of pyridine rings is 2. The van der Waals surface area contributed by atoms with E-state index < -0.39 is 28.9 Å². The van der Waals surface area contributed by atoms with Gasteiger partial charge in [0.15, 0.2) is 5.75 Å². The second-order valence-corrected chi connectivity index (χ2v) is 12.6. The van der Waals surface area contributed by atoms with Crippen LogP contribution in [0.3, 0.4) is 0 Å². The molecule has 2 saturated heterocycles. The maximum absolute atomic E-state index is 14.5. The third-order valence-corrected chi connectivity index (χ3v) is 9.41. The van der Waals surface area contributed by atoms with E-state index in [0.717, 1.165) is 12.5 Å². The van der Waals surface area contributed by atoms with E-state index in [4.69, 9.17) is 37.5 Å². The van der Waals surface area contributed by atoms with Crippen LogP contribution in [0.1, 0.15) is 36.0 Å². The number of fused-ring (bicyclic) bond motifs is 1. The van der Waals surface area contributed by atoms with Gasteiger partial charge in [-0.05, 0) is 50.1 Å². The molecule has 3 aliphatic heterocycles. The number of hydrogen-bond donors (Lipinski definition) is 2. The summed E-state index contributed by atoms with van der Waals surface area (Å²) in [4.78, 5) is 21.1. The van der Waals surface area contributed by atoms with E-state index in [-0.39, 0.29) is 78.5 Å². The monoisotopic (exact) mass is 676 g/mol. The number of nitrogens with zero attached hydrogens (tertiary/aromatic N) is 6. The van der Waals surface area contributed by atoms with Crippen LogP contribution in [0.15, 0.2) is 30.5 Å². The first-order valence-electron chi connectivity index (χ1n) is 15.0. The number of nitrogen functional groups attached to an aromatic ring is 2. The minimum Gasteiger partial charge on any atom is -0.489 e. The molecule has 6 heterocycles. The first-order valence-corrected chi connectivity index (χ1v) is 15.3. The molecule has 0 saturated carbocycles. The summed E-state index contributed by atoms with van der Waals surface area (Å²) in [5.74, 6) is -2.30. The minimum absolute atomic E-state index is 0.0633. The lowest BCUT2D eigenvalue weighted by Gasteiger charge is -2.30. The van der Waals surface area contributed by atoms with Crippen molar-refractivity contribution in [3.05, 3.63) is 52.2 Å². The zero-order valence-corrected chi connectivity index (χ0v) is 25.9. The Balaban J connectivity index is 1.40. The van der Waals surface area contributed by atoms with Crippen molar-refractivity contribution in [2.45, 2.75) is 50.4 Å². The van der Waals surface area contributed by atoms with E-state index in [2.05, 4.69) is 15.0 Å². The standard InChI is InChI=1S/C31H30ClF5N8O2/c1-16-10-20(38)42-24(22(16)31(35,36)37)18-11-19-21-25(23(18)32)46-9-8-44(12-17-4-2-6-40-26(17)39)27(21)43-28(41-19)47-15-29-5-3-7-45(29)14-30(33,34)13-29/h2,4,6,10-11H,3,5,7-9,12-15H2,1H3,(H2,38,42)(H2,39,40)/t29-/m0/s1. The smallest absolute Gasteiger partial charge is 0.418 e. The van der Waals surface area contributed by atoms with Crippen LogP contribution >= 0.6 is 11.6 Å². The van der Waals surface area contributed by atoms with Crippen molar-refractivity contribution in [2.75, 3.05) is 49.2 Å². The first kappa shape index (κ1) is 31.4. The van der Waals surface area contributed by atoms with E-state index in [1.165, 1.54) is 13.0 Å². The maximum Gasteiger partial charge on any atom is 0.418 e. The molecule has 47 heavy (non-hydrogen) atoms. The third-order valence-electron chi connectivity index (χ3n) is 9.03. The van der Waals surface area contributed by atoms with Gasteiger partial charge in [0.1, 0.15) is 30.7 Å². The molecule has 2 fully saturated rings. The quantitative estimate of drug-likeness (QED) is 0.239. The Morgan fingerprint density at radius 3 is 2.70 bits per heavy atom. The summed E-state index contributed by atoms with van der Waals surface area (Å²) in [5.41, 5.74) is 10.3.